The number of benzene rings is 1. The summed E-state index contributed by atoms with van der Waals surface area (Å²) in [5.41, 5.74) is 2.64. The number of phenolic OH excluding ortho intramolecular Hbond substituents is 1. The number of aromatic hydroxyl groups is 1. The Labute approximate surface area is 113 Å². The Bertz CT molecular complexity index is 590. The summed E-state index contributed by atoms with van der Waals surface area (Å²) < 4.78 is 10.5. The smallest absolute Gasteiger partial charge is 0.172 e. The molecule has 0 aliphatic carbocycles. The second kappa shape index (κ2) is 5.27. The molecule has 5 heteroatoms. The second-order valence-corrected chi connectivity index (χ2v) is 4.60. The molecule has 0 spiro atoms. The van der Waals surface area contributed by atoms with Crippen LogP contribution in [-0.4, -0.2) is 17.4 Å². The minimum atomic E-state index is 0.0933. The van der Waals surface area contributed by atoms with E-state index < -0.39 is 0 Å². The fourth-order valence-electron chi connectivity index (χ4n) is 1.49. The van der Waals surface area contributed by atoms with Crippen LogP contribution >= 0.6 is 15.9 Å². The second-order valence-electron chi connectivity index (χ2n) is 3.74. The first-order valence-electron chi connectivity index (χ1n) is 5.27. The highest BCUT2D eigenvalue weighted by atomic mass is 79.9. The Hall–Kier alpha value is -1.75. The first-order valence-corrected chi connectivity index (χ1v) is 6.06. The summed E-state index contributed by atoms with van der Waals surface area (Å²) in [4.78, 5) is 0. The van der Waals surface area contributed by atoms with Crippen molar-refractivity contribution < 1.29 is 14.4 Å². The minimum Gasteiger partial charge on any atom is -0.503 e. The summed E-state index contributed by atoms with van der Waals surface area (Å²) in [5, 5.41) is 13.5. The molecule has 18 heavy (non-hydrogen) atoms. The van der Waals surface area contributed by atoms with Crippen molar-refractivity contribution in [2.24, 2.45) is 0 Å². The first-order chi connectivity index (χ1) is 8.61. The minimum absolute atomic E-state index is 0.0933. The van der Waals surface area contributed by atoms with Gasteiger partial charge in [-0.1, -0.05) is 11.2 Å². The molecule has 0 amide bonds. The van der Waals surface area contributed by atoms with Crippen LogP contribution < -0.4 is 4.74 Å². The van der Waals surface area contributed by atoms with Gasteiger partial charge in [-0.3, -0.25) is 0 Å². The Morgan fingerprint density at radius 3 is 2.78 bits per heavy atom. The van der Waals surface area contributed by atoms with Crippen molar-refractivity contribution in [2.45, 2.75) is 6.92 Å². The van der Waals surface area contributed by atoms with E-state index in [2.05, 4.69) is 21.1 Å². The van der Waals surface area contributed by atoms with Gasteiger partial charge in [0.05, 0.1) is 17.3 Å². The summed E-state index contributed by atoms with van der Waals surface area (Å²) in [6, 6.07) is 3.55. The molecule has 0 atom stereocenters. The fraction of sp³-hybridized carbons (Fsp3) is 0.154. The standard InChI is InChI=1S/C13H12BrNO3/c1-8-10(7-18-15-8)4-3-9-5-11(14)13(16)12(6-9)17-2/h3-7,16H,1-2H3. The number of aryl methyl sites for hydroxylation is 1. The predicted molar refractivity (Wildman–Crippen MR) is 72.5 cm³/mol. The summed E-state index contributed by atoms with van der Waals surface area (Å²) >= 11 is 3.28. The lowest BCUT2D eigenvalue weighted by Gasteiger charge is -2.06. The number of halogens is 1. The zero-order valence-electron chi connectivity index (χ0n) is 9.98. The van der Waals surface area contributed by atoms with Gasteiger partial charge in [-0.05, 0) is 46.6 Å². The molecule has 1 aromatic heterocycles. The number of methoxy groups -OCH3 is 1. The molecular weight excluding hydrogens is 298 g/mol. The largest absolute Gasteiger partial charge is 0.503 e. The molecule has 2 rings (SSSR count). The molecule has 0 aliphatic rings. The topological polar surface area (TPSA) is 55.5 Å². The van der Waals surface area contributed by atoms with E-state index in [4.69, 9.17) is 9.26 Å². The molecule has 2 aromatic rings. The highest BCUT2D eigenvalue weighted by molar-refractivity contribution is 9.10. The van der Waals surface area contributed by atoms with Gasteiger partial charge in [0, 0.05) is 5.56 Å². The summed E-state index contributed by atoms with van der Waals surface area (Å²) in [6.07, 6.45) is 5.37. The summed E-state index contributed by atoms with van der Waals surface area (Å²) in [7, 11) is 1.51. The van der Waals surface area contributed by atoms with E-state index in [0.29, 0.717) is 10.2 Å². The number of aromatic nitrogens is 1. The van der Waals surface area contributed by atoms with Gasteiger partial charge in [0.25, 0.3) is 0 Å². The van der Waals surface area contributed by atoms with E-state index in [-0.39, 0.29) is 5.75 Å². The zero-order valence-corrected chi connectivity index (χ0v) is 11.6. The van der Waals surface area contributed by atoms with E-state index in [9.17, 15) is 5.11 Å². The molecule has 0 fully saturated rings. The predicted octanol–water partition coefficient (Wildman–Crippen LogP) is 3.63. The molecular formula is C13H12BrNO3. The van der Waals surface area contributed by atoms with Crippen LogP contribution in [0.5, 0.6) is 11.5 Å². The van der Waals surface area contributed by atoms with Crippen molar-refractivity contribution in [1.29, 1.82) is 0 Å². The number of ether oxygens (including phenoxy) is 1. The van der Waals surface area contributed by atoms with Crippen LogP contribution in [0.1, 0.15) is 16.8 Å². The van der Waals surface area contributed by atoms with E-state index in [0.717, 1.165) is 16.8 Å². The average Bonchev–Trinajstić information content (AvgIpc) is 2.76. The quantitative estimate of drug-likeness (QED) is 0.940. The van der Waals surface area contributed by atoms with Crippen LogP contribution in [0.2, 0.25) is 0 Å². The third-order valence-corrected chi connectivity index (χ3v) is 3.12. The SMILES string of the molecule is COc1cc(C=Cc2conc2C)cc(Br)c1O. The number of hydrogen-bond acceptors (Lipinski definition) is 4. The van der Waals surface area contributed by atoms with Crippen molar-refractivity contribution in [1.82, 2.24) is 5.16 Å². The molecule has 1 N–H and O–H groups in total. The van der Waals surface area contributed by atoms with Crippen molar-refractivity contribution in [3.63, 3.8) is 0 Å². The van der Waals surface area contributed by atoms with Gasteiger partial charge in [0.2, 0.25) is 0 Å². The maximum absolute atomic E-state index is 9.70. The van der Waals surface area contributed by atoms with Crippen LogP contribution in [0.25, 0.3) is 12.2 Å². The third-order valence-electron chi connectivity index (χ3n) is 2.51. The molecule has 0 aliphatic heterocycles. The number of hydrogen-bond donors (Lipinski definition) is 1. The molecule has 0 saturated heterocycles. The van der Waals surface area contributed by atoms with E-state index in [1.165, 1.54) is 7.11 Å². The summed E-state index contributed by atoms with van der Waals surface area (Å²) in [5.74, 6) is 0.516. The molecule has 0 saturated carbocycles. The highest BCUT2D eigenvalue weighted by Crippen LogP contribution is 2.35. The molecule has 0 unspecified atom stereocenters. The van der Waals surface area contributed by atoms with E-state index in [1.807, 2.05) is 19.1 Å². The monoisotopic (exact) mass is 309 g/mol. The van der Waals surface area contributed by atoms with Gasteiger partial charge in [-0.15, -0.1) is 0 Å². The molecule has 94 valence electrons. The van der Waals surface area contributed by atoms with Gasteiger partial charge in [-0.2, -0.15) is 0 Å². The Balaban J connectivity index is 2.32. The number of nitrogens with zero attached hydrogens (tertiary/aromatic N) is 1. The van der Waals surface area contributed by atoms with Gasteiger partial charge in [-0.25, -0.2) is 0 Å². The zero-order chi connectivity index (χ0) is 13.1. The Kier molecular flexibility index (Phi) is 3.72. The van der Waals surface area contributed by atoms with Gasteiger partial charge in [0.15, 0.2) is 11.5 Å². The highest BCUT2D eigenvalue weighted by Gasteiger charge is 2.07. The number of phenols is 1. The first kappa shape index (κ1) is 12.7. The normalized spacial score (nSPS) is 11.1. The van der Waals surface area contributed by atoms with Gasteiger partial charge < -0.3 is 14.4 Å². The van der Waals surface area contributed by atoms with Crippen LogP contribution in [-0.2, 0) is 0 Å². The van der Waals surface area contributed by atoms with E-state index in [1.54, 1.807) is 18.4 Å². The van der Waals surface area contributed by atoms with Crippen LogP contribution in [0.15, 0.2) is 27.4 Å². The molecule has 0 radical (unpaired) electrons. The molecule has 1 heterocycles. The molecule has 0 bridgehead atoms. The lowest BCUT2D eigenvalue weighted by molar-refractivity contribution is 0.372. The molecule has 1 aromatic carbocycles. The lowest BCUT2D eigenvalue weighted by atomic mass is 10.1. The van der Waals surface area contributed by atoms with E-state index >= 15 is 0 Å². The van der Waals surface area contributed by atoms with Crippen molar-refractivity contribution in [3.8, 4) is 11.5 Å². The summed E-state index contributed by atoms with van der Waals surface area (Å²) in [6.45, 7) is 1.87. The van der Waals surface area contributed by atoms with Gasteiger partial charge in [0.1, 0.15) is 6.26 Å². The Morgan fingerprint density at radius 1 is 1.39 bits per heavy atom. The van der Waals surface area contributed by atoms with Crippen molar-refractivity contribution in [3.05, 3.63) is 39.7 Å². The Morgan fingerprint density at radius 2 is 2.17 bits per heavy atom. The maximum atomic E-state index is 9.70. The van der Waals surface area contributed by atoms with Crippen molar-refractivity contribution in [2.75, 3.05) is 7.11 Å². The van der Waals surface area contributed by atoms with Crippen LogP contribution in [0.3, 0.4) is 0 Å². The third kappa shape index (κ3) is 2.56. The van der Waals surface area contributed by atoms with Gasteiger partial charge >= 0.3 is 0 Å². The maximum Gasteiger partial charge on any atom is 0.172 e. The van der Waals surface area contributed by atoms with Crippen LogP contribution in [0, 0.1) is 6.92 Å². The van der Waals surface area contributed by atoms with Crippen LogP contribution in [0.4, 0.5) is 0 Å². The molecule has 4 nitrogen and oxygen atoms in total. The average molecular weight is 310 g/mol. The lowest BCUT2D eigenvalue weighted by Crippen LogP contribution is -1.85. The fourth-order valence-corrected chi connectivity index (χ4v) is 1.95. The van der Waals surface area contributed by atoms with Crippen molar-refractivity contribution >= 4 is 28.1 Å². The number of rotatable bonds is 3.